The Morgan fingerprint density at radius 1 is 0.355 bits per heavy atom. The lowest BCUT2D eigenvalue weighted by molar-refractivity contribution is 0.660. The molecule has 12 rings (SSSR count). The van der Waals surface area contributed by atoms with E-state index in [9.17, 15) is 0 Å². The fraction of sp³-hybridized carbons (Fsp3) is 0.100. The van der Waals surface area contributed by atoms with Gasteiger partial charge in [0.15, 0.2) is 0 Å². The number of anilines is 3. The van der Waals surface area contributed by atoms with Crippen LogP contribution < -0.4 is 4.90 Å². The fourth-order valence-corrected chi connectivity index (χ4v) is 12.1. The second-order valence-corrected chi connectivity index (χ2v) is 19.1. The molecule has 10 aromatic rings. The van der Waals surface area contributed by atoms with Gasteiger partial charge < -0.3 is 4.90 Å². The molecular formula is C60H45NS. The van der Waals surface area contributed by atoms with E-state index in [1.54, 1.807) is 0 Å². The van der Waals surface area contributed by atoms with E-state index in [1.807, 2.05) is 11.3 Å². The van der Waals surface area contributed by atoms with Gasteiger partial charge in [0.2, 0.25) is 0 Å². The zero-order chi connectivity index (χ0) is 41.7. The summed E-state index contributed by atoms with van der Waals surface area (Å²) in [5.41, 5.74) is 21.4. The number of fused-ring (bicyclic) bond motifs is 9. The summed E-state index contributed by atoms with van der Waals surface area (Å²) in [7, 11) is 0. The third-order valence-corrected chi connectivity index (χ3v) is 15.1. The Morgan fingerprint density at radius 3 is 1.69 bits per heavy atom. The number of nitrogens with zero attached hydrogens (tertiary/aromatic N) is 1. The third-order valence-electron chi connectivity index (χ3n) is 13.9. The largest absolute Gasteiger partial charge is 0.309 e. The van der Waals surface area contributed by atoms with Crippen LogP contribution in [0.3, 0.4) is 0 Å². The van der Waals surface area contributed by atoms with Gasteiger partial charge in [-0.25, -0.2) is 0 Å². The van der Waals surface area contributed by atoms with E-state index in [-0.39, 0.29) is 10.8 Å². The normalized spacial score (nSPS) is 14.1. The van der Waals surface area contributed by atoms with Gasteiger partial charge in [0.05, 0.1) is 11.4 Å². The lowest BCUT2D eigenvalue weighted by Crippen LogP contribution is -2.16. The maximum Gasteiger partial charge on any atom is 0.0543 e. The molecule has 1 heterocycles. The second-order valence-electron chi connectivity index (χ2n) is 18.0. The monoisotopic (exact) mass is 811 g/mol. The molecule has 0 saturated carbocycles. The SMILES string of the molecule is CC1(C)c2ccccc2-c2cc(-c3ccccc3-c3ccccc3N(c3ccc(-c4cccc5c4sc4ccccc45)cc3)c3cccc4c3-c3ccccc3C4(C)C)ccc21. The minimum absolute atomic E-state index is 0.0415. The second kappa shape index (κ2) is 13.8. The quantitative estimate of drug-likeness (QED) is 0.162. The number of thiophene rings is 1. The smallest absolute Gasteiger partial charge is 0.0543 e. The van der Waals surface area contributed by atoms with Crippen LogP contribution in [0.1, 0.15) is 49.9 Å². The number of hydrogen-bond donors (Lipinski definition) is 0. The topological polar surface area (TPSA) is 3.24 Å². The average molecular weight is 812 g/mol. The minimum Gasteiger partial charge on any atom is -0.309 e. The zero-order valence-electron chi connectivity index (χ0n) is 35.4. The van der Waals surface area contributed by atoms with Crippen molar-refractivity contribution in [1.82, 2.24) is 0 Å². The molecule has 1 nitrogen and oxygen atoms in total. The van der Waals surface area contributed by atoms with Crippen molar-refractivity contribution in [1.29, 1.82) is 0 Å². The summed E-state index contributed by atoms with van der Waals surface area (Å²) in [6, 6.07) is 74.8. The van der Waals surface area contributed by atoms with Gasteiger partial charge in [-0.05, 0) is 103 Å². The van der Waals surface area contributed by atoms with Crippen molar-refractivity contribution >= 4 is 48.6 Å². The number of benzene rings is 9. The van der Waals surface area contributed by atoms with Gasteiger partial charge in [0.25, 0.3) is 0 Å². The molecule has 0 amide bonds. The Bertz CT molecular complexity index is 3420. The van der Waals surface area contributed by atoms with Crippen LogP contribution in [0, 0.1) is 0 Å². The summed E-state index contributed by atoms with van der Waals surface area (Å²) in [5.74, 6) is 0. The number of hydrogen-bond acceptors (Lipinski definition) is 2. The van der Waals surface area contributed by atoms with Gasteiger partial charge in [-0.1, -0.05) is 191 Å². The van der Waals surface area contributed by atoms with E-state index >= 15 is 0 Å². The molecule has 296 valence electrons. The van der Waals surface area contributed by atoms with Crippen LogP contribution in [-0.4, -0.2) is 0 Å². The van der Waals surface area contributed by atoms with Crippen molar-refractivity contribution in [3.63, 3.8) is 0 Å². The zero-order valence-corrected chi connectivity index (χ0v) is 36.2. The van der Waals surface area contributed by atoms with Crippen molar-refractivity contribution in [2.75, 3.05) is 4.90 Å². The number of para-hydroxylation sites is 1. The van der Waals surface area contributed by atoms with E-state index in [1.165, 1.54) is 104 Å². The molecule has 0 aliphatic heterocycles. The first-order valence-electron chi connectivity index (χ1n) is 21.8. The highest BCUT2D eigenvalue weighted by atomic mass is 32.1. The molecular weight excluding hydrogens is 767 g/mol. The molecule has 0 fully saturated rings. The maximum atomic E-state index is 2.52. The van der Waals surface area contributed by atoms with Crippen molar-refractivity contribution in [3.8, 4) is 55.6 Å². The third kappa shape index (κ3) is 5.39. The summed E-state index contributed by atoms with van der Waals surface area (Å²) in [6.45, 7) is 9.45. The van der Waals surface area contributed by atoms with Crippen LogP contribution in [0.2, 0.25) is 0 Å². The molecule has 0 spiro atoms. The van der Waals surface area contributed by atoms with E-state index in [2.05, 4.69) is 233 Å². The lowest BCUT2D eigenvalue weighted by Gasteiger charge is -2.31. The first-order chi connectivity index (χ1) is 30.3. The lowest BCUT2D eigenvalue weighted by atomic mass is 9.82. The van der Waals surface area contributed by atoms with Crippen LogP contribution in [0.25, 0.3) is 75.8 Å². The summed E-state index contributed by atoms with van der Waals surface area (Å²) in [5, 5.41) is 2.64. The summed E-state index contributed by atoms with van der Waals surface area (Å²) in [4.78, 5) is 2.52. The molecule has 2 aliphatic rings. The highest BCUT2D eigenvalue weighted by Gasteiger charge is 2.38. The van der Waals surface area contributed by atoms with Crippen molar-refractivity contribution in [2.24, 2.45) is 0 Å². The van der Waals surface area contributed by atoms with E-state index in [4.69, 9.17) is 0 Å². The Morgan fingerprint density at radius 2 is 0.887 bits per heavy atom. The van der Waals surface area contributed by atoms with Gasteiger partial charge in [-0.15, -0.1) is 11.3 Å². The first-order valence-corrected chi connectivity index (χ1v) is 22.6. The van der Waals surface area contributed by atoms with Crippen LogP contribution in [0.4, 0.5) is 17.1 Å². The van der Waals surface area contributed by atoms with E-state index in [0.29, 0.717) is 0 Å². The molecule has 0 bridgehead atoms. The molecule has 2 heteroatoms. The molecule has 1 aromatic heterocycles. The van der Waals surface area contributed by atoms with E-state index < -0.39 is 0 Å². The molecule has 2 aliphatic carbocycles. The molecule has 0 radical (unpaired) electrons. The molecule has 0 saturated heterocycles. The predicted molar refractivity (Wildman–Crippen MR) is 265 cm³/mol. The Hall–Kier alpha value is -7.00. The van der Waals surface area contributed by atoms with Crippen LogP contribution in [0.5, 0.6) is 0 Å². The predicted octanol–water partition coefficient (Wildman–Crippen LogP) is 17.1. The van der Waals surface area contributed by atoms with Crippen molar-refractivity contribution in [3.05, 3.63) is 222 Å². The number of rotatable bonds is 6. The van der Waals surface area contributed by atoms with Crippen LogP contribution in [0.15, 0.2) is 200 Å². The van der Waals surface area contributed by atoms with E-state index in [0.717, 1.165) is 11.4 Å². The summed E-state index contributed by atoms with van der Waals surface area (Å²) < 4.78 is 2.66. The van der Waals surface area contributed by atoms with Gasteiger partial charge in [-0.3, -0.25) is 0 Å². The molecule has 0 N–H and O–H groups in total. The fourth-order valence-electron chi connectivity index (χ4n) is 10.8. The minimum atomic E-state index is -0.132. The Labute approximate surface area is 368 Å². The average Bonchev–Trinajstić information content (AvgIpc) is 3.89. The molecule has 0 unspecified atom stereocenters. The van der Waals surface area contributed by atoms with Gasteiger partial charge in [0, 0.05) is 47.8 Å². The molecule has 62 heavy (non-hydrogen) atoms. The van der Waals surface area contributed by atoms with Gasteiger partial charge in [0.1, 0.15) is 0 Å². The summed E-state index contributed by atoms with van der Waals surface area (Å²) >= 11 is 1.89. The van der Waals surface area contributed by atoms with Crippen LogP contribution >= 0.6 is 11.3 Å². The highest BCUT2D eigenvalue weighted by molar-refractivity contribution is 7.26. The van der Waals surface area contributed by atoms with Crippen molar-refractivity contribution in [2.45, 2.75) is 38.5 Å². The highest BCUT2D eigenvalue weighted by Crippen LogP contribution is 2.56. The summed E-state index contributed by atoms with van der Waals surface area (Å²) in [6.07, 6.45) is 0. The Balaban J connectivity index is 1.05. The van der Waals surface area contributed by atoms with Gasteiger partial charge in [-0.2, -0.15) is 0 Å². The van der Waals surface area contributed by atoms with Gasteiger partial charge >= 0.3 is 0 Å². The first kappa shape index (κ1) is 36.8. The maximum absolute atomic E-state index is 2.52. The standard InChI is InChI=1S/C60H45NS/c1-59(2)50-25-11-7-19-44(50)49-37-39(33-36-52(49)59)41-17-5-6-18-43(41)45-20-9-13-28-54(45)61(55-29-16-27-53-57(55)48-22-8-12-26-51(48)60(53,3)4)40-34-31-38(32-35-40)42-23-15-24-47-46-21-10-14-30-56(46)62-58(42)47/h5-37H,1-4H3. The Kier molecular flexibility index (Phi) is 8.17. The molecule has 9 aromatic carbocycles. The van der Waals surface area contributed by atoms with Crippen LogP contribution in [-0.2, 0) is 10.8 Å². The molecule has 0 atom stereocenters. The van der Waals surface area contributed by atoms with Crippen molar-refractivity contribution < 1.29 is 0 Å².